The van der Waals surface area contributed by atoms with Crippen molar-refractivity contribution in [2.75, 3.05) is 26.2 Å². The van der Waals surface area contributed by atoms with Gasteiger partial charge < -0.3 is 10.0 Å². The Morgan fingerprint density at radius 3 is 2.84 bits per heavy atom. The number of aliphatic hydroxyl groups is 1. The van der Waals surface area contributed by atoms with Gasteiger partial charge in [0, 0.05) is 38.6 Å². The fourth-order valence-electron chi connectivity index (χ4n) is 3.12. The van der Waals surface area contributed by atoms with E-state index in [1.807, 2.05) is 35.2 Å². The van der Waals surface area contributed by atoms with E-state index in [0.29, 0.717) is 24.9 Å². The van der Waals surface area contributed by atoms with Crippen molar-refractivity contribution in [3.05, 3.63) is 35.9 Å². The van der Waals surface area contributed by atoms with Crippen LogP contribution in [0.25, 0.3) is 0 Å². The summed E-state index contributed by atoms with van der Waals surface area (Å²) in [5, 5.41) is 10.2. The van der Waals surface area contributed by atoms with Crippen molar-refractivity contribution in [3.63, 3.8) is 0 Å². The monoisotopic (exact) mass is 260 g/mol. The second-order valence-corrected chi connectivity index (χ2v) is 5.47. The molecule has 1 aromatic carbocycles. The molecule has 0 aliphatic carbocycles. The van der Waals surface area contributed by atoms with Gasteiger partial charge in [-0.15, -0.1) is 0 Å². The van der Waals surface area contributed by atoms with Gasteiger partial charge in [-0.1, -0.05) is 30.3 Å². The minimum absolute atomic E-state index is 0.299. The number of hydrogen-bond donors (Lipinski definition) is 1. The molecule has 0 bridgehead atoms. The van der Waals surface area contributed by atoms with E-state index < -0.39 is 6.10 Å². The molecule has 2 atom stereocenters. The molecule has 4 nitrogen and oxygen atoms in total. The molecule has 102 valence electrons. The average Bonchev–Trinajstić information content (AvgIpc) is 2.81. The predicted octanol–water partition coefficient (Wildman–Crippen LogP) is 1.03. The van der Waals surface area contributed by atoms with Gasteiger partial charge >= 0.3 is 0 Å². The van der Waals surface area contributed by atoms with Crippen molar-refractivity contribution >= 4 is 5.91 Å². The van der Waals surface area contributed by atoms with Gasteiger partial charge in [-0.25, -0.2) is 0 Å². The highest BCUT2D eigenvalue weighted by atomic mass is 16.3. The molecule has 0 radical (unpaired) electrons. The van der Waals surface area contributed by atoms with Gasteiger partial charge in [0.25, 0.3) is 0 Å². The fourth-order valence-corrected chi connectivity index (χ4v) is 3.12. The zero-order chi connectivity index (χ0) is 13.2. The van der Waals surface area contributed by atoms with Crippen LogP contribution in [0, 0.1) is 0 Å². The van der Waals surface area contributed by atoms with E-state index in [0.717, 1.165) is 31.6 Å². The molecule has 1 amide bonds. The number of amides is 1. The largest absolute Gasteiger partial charge is 0.387 e. The lowest BCUT2D eigenvalue weighted by Crippen LogP contribution is -2.52. The predicted molar refractivity (Wildman–Crippen MR) is 72.6 cm³/mol. The first-order valence-corrected chi connectivity index (χ1v) is 6.99. The number of β-amino-alcohol motifs (C(OH)–C–C–N with tert-alkyl or cyclic N) is 1. The Morgan fingerprint density at radius 2 is 2.05 bits per heavy atom. The van der Waals surface area contributed by atoms with E-state index in [1.165, 1.54) is 0 Å². The van der Waals surface area contributed by atoms with Crippen LogP contribution >= 0.6 is 0 Å². The van der Waals surface area contributed by atoms with Crippen LogP contribution in [-0.4, -0.2) is 53.0 Å². The molecule has 0 spiro atoms. The normalized spacial score (nSPS) is 25.4. The second kappa shape index (κ2) is 5.31. The van der Waals surface area contributed by atoms with Gasteiger partial charge in [-0.3, -0.25) is 9.69 Å². The van der Waals surface area contributed by atoms with Crippen LogP contribution in [0.4, 0.5) is 0 Å². The van der Waals surface area contributed by atoms with Gasteiger partial charge in [0.2, 0.25) is 5.91 Å². The van der Waals surface area contributed by atoms with Crippen LogP contribution < -0.4 is 0 Å². The molecule has 2 aliphatic heterocycles. The first kappa shape index (κ1) is 12.6. The Morgan fingerprint density at radius 1 is 1.26 bits per heavy atom. The third kappa shape index (κ3) is 2.65. The first-order valence-electron chi connectivity index (χ1n) is 6.99. The summed E-state index contributed by atoms with van der Waals surface area (Å²) in [5.74, 6) is 0.299. The highest BCUT2D eigenvalue weighted by Crippen LogP contribution is 2.24. The topological polar surface area (TPSA) is 43.8 Å². The SMILES string of the molecule is O=C1CCC2CN(CC(O)c3ccccc3)CCN12. The number of carbonyl (C=O) groups is 1. The molecule has 2 saturated heterocycles. The van der Waals surface area contributed by atoms with Gasteiger partial charge in [0.05, 0.1) is 6.10 Å². The Kier molecular flexibility index (Phi) is 3.53. The van der Waals surface area contributed by atoms with Gasteiger partial charge in [-0.05, 0) is 12.0 Å². The van der Waals surface area contributed by atoms with E-state index in [4.69, 9.17) is 0 Å². The fraction of sp³-hybridized carbons (Fsp3) is 0.533. The van der Waals surface area contributed by atoms with Gasteiger partial charge in [-0.2, -0.15) is 0 Å². The van der Waals surface area contributed by atoms with E-state index in [2.05, 4.69) is 4.90 Å². The molecule has 2 aliphatic rings. The van der Waals surface area contributed by atoms with Crippen LogP contribution in [0.3, 0.4) is 0 Å². The minimum atomic E-state index is -0.440. The third-order valence-electron chi connectivity index (χ3n) is 4.19. The van der Waals surface area contributed by atoms with E-state index >= 15 is 0 Å². The number of hydrogen-bond acceptors (Lipinski definition) is 3. The molecule has 2 heterocycles. The van der Waals surface area contributed by atoms with Crippen molar-refractivity contribution in [1.82, 2.24) is 9.80 Å². The average molecular weight is 260 g/mol. The Balaban J connectivity index is 1.58. The van der Waals surface area contributed by atoms with Gasteiger partial charge in [0.1, 0.15) is 0 Å². The maximum atomic E-state index is 11.6. The quantitative estimate of drug-likeness (QED) is 0.882. The summed E-state index contributed by atoms with van der Waals surface area (Å²) in [6, 6.07) is 10.1. The summed E-state index contributed by atoms with van der Waals surface area (Å²) in [6.45, 7) is 3.23. The number of rotatable bonds is 3. The van der Waals surface area contributed by atoms with Crippen molar-refractivity contribution in [1.29, 1.82) is 0 Å². The van der Waals surface area contributed by atoms with Gasteiger partial charge in [0.15, 0.2) is 0 Å². The number of fused-ring (bicyclic) bond motifs is 1. The molecule has 3 rings (SSSR count). The molecule has 2 fully saturated rings. The number of carbonyl (C=O) groups excluding carboxylic acids is 1. The number of aliphatic hydroxyl groups excluding tert-OH is 1. The summed E-state index contributed by atoms with van der Waals surface area (Å²) in [5.41, 5.74) is 0.965. The Hall–Kier alpha value is -1.39. The highest BCUT2D eigenvalue weighted by molar-refractivity contribution is 5.78. The molecule has 19 heavy (non-hydrogen) atoms. The molecule has 0 aromatic heterocycles. The van der Waals surface area contributed by atoms with Crippen LogP contribution in [0.1, 0.15) is 24.5 Å². The Bertz CT molecular complexity index is 449. The van der Waals surface area contributed by atoms with Crippen LogP contribution in [0.5, 0.6) is 0 Å². The number of piperazine rings is 1. The van der Waals surface area contributed by atoms with Crippen LogP contribution in [0.2, 0.25) is 0 Å². The molecule has 1 aromatic rings. The molecule has 4 heteroatoms. The van der Waals surface area contributed by atoms with E-state index in [-0.39, 0.29) is 0 Å². The second-order valence-electron chi connectivity index (χ2n) is 5.47. The highest BCUT2D eigenvalue weighted by Gasteiger charge is 2.35. The first-order chi connectivity index (χ1) is 9.24. The molecular formula is C15H20N2O2. The summed E-state index contributed by atoms with van der Waals surface area (Å²) < 4.78 is 0. The maximum Gasteiger partial charge on any atom is 0.222 e. The van der Waals surface area contributed by atoms with Crippen molar-refractivity contribution < 1.29 is 9.90 Å². The molecular weight excluding hydrogens is 240 g/mol. The maximum absolute atomic E-state index is 11.6. The summed E-state index contributed by atoms with van der Waals surface area (Å²) in [7, 11) is 0. The van der Waals surface area contributed by atoms with E-state index in [1.54, 1.807) is 0 Å². The van der Waals surface area contributed by atoms with Crippen molar-refractivity contribution in [2.24, 2.45) is 0 Å². The lowest BCUT2D eigenvalue weighted by Gasteiger charge is -2.38. The molecule has 2 unspecified atom stereocenters. The molecule has 1 N–H and O–H groups in total. The van der Waals surface area contributed by atoms with E-state index in [9.17, 15) is 9.90 Å². The summed E-state index contributed by atoms with van der Waals surface area (Å²) in [4.78, 5) is 15.9. The zero-order valence-corrected chi connectivity index (χ0v) is 11.0. The smallest absolute Gasteiger partial charge is 0.222 e. The lowest BCUT2D eigenvalue weighted by atomic mass is 10.1. The lowest BCUT2D eigenvalue weighted by molar-refractivity contribution is -0.130. The number of benzene rings is 1. The Labute approximate surface area is 113 Å². The summed E-state index contributed by atoms with van der Waals surface area (Å²) >= 11 is 0. The van der Waals surface area contributed by atoms with Crippen LogP contribution in [0.15, 0.2) is 30.3 Å². The van der Waals surface area contributed by atoms with Crippen molar-refractivity contribution in [3.8, 4) is 0 Å². The standard InChI is InChI=1S/C15H20N2O2/c18-14(12-4-2-1-3-5-12)11-16-8-9-17-13(10-16)6-7-15(17)19/h1-5,13-14,18H,6-11H2. The third-order valence-corrected chi connectivity index (χ3v) is 4.19. The molecule has 0 saturated carbocycles. The minimum Gasteiger partial charge on any atom is -0.387 e. The van der Waals surface area contributed by atoms with Crippen molar-refractivity contribution in [2.45, 2.75) is 25.0 Å². The summed E-state index contributed by atoms with van der Waals surface area (Å²) in [6.07, 6.45) is 1.22. The van der Waals surface area contributed by atoms with Crippen LogP contribution in [-0.2, 0) is 4.79 Å². The number of nitrogens with zero attached hydrogens (tertiary/aromatic N) is 2. The zero-order valence-electron chi connectivity index (χ0n) is 11.0.